The number of halogens is 6. The van der Waals surface area contributed by atoms with Crippen LogP contribution in [0.2, 0.25) is 20.1 Å². The number of fused-ring (bicyclic) bond motifs is 3. The smallest absolute Gasteiger partial charge is 0.243 e. The van der Waals surface area contributed by atoms with Gasteiger partial charge in [0.2, 0.25) is 35.6 Å². The number of nitrogens with one attached hydrogen (secondary N) is 6. The summed E-state index contributed by atoms with van der Waals surface area (Å²) in [5.74, 6) is 1.71. The molecule has 6 N–H and O–H groups in total. The molecule has 14 heterocycles. The predicted octanol–water partition coefficient (Wildman–Crippen LogP) is 10.4. The lowest BCUT2D eigenvalue weighted by atomic mass is 9.63. The van der Waals surface area contributed by atoms with Gasteiger partial charge in [0.05, 0.1) is 201 Å². The van der Waals surface area contributed by atoms with E-state index in [2.05, 4.69) is 76.4 Å². The molecule has 38 heteroatoms. The Morgan fingerprint density at radius 2 is 0.717 bits per heavy atom. The van der Waals surface area contributed by atoms with Crippen LogP contribution in [0.15, 0.2) is 93.0 Å². The van der Waals surface area contributed by atoms with Crippen molar-refractivity contribution in [2.45, 2.75) is 79.6 Å². The molecular formula is C82H86Cl4F2N18O14. The lowest BCUT2D eigenvalue weighted by Crippen LogP contribution is -2.68. The van der Waals surface area contributed by atoms with E-state index >= 15 is 8.78 Å². The number of ether oxygens (including phenoxy) is 11. The van der Waals surface area contributed by atoms with E-state index in [1.807, 2.05) is 17.0 Å². The van der Waals surface area contributed by atoms with E-state index in [9.17, 15) is 14.4 Å². The van der Waals surface area contributed by atoms with Crippen molar-refractivity contribution >= 4 is 132 Å². The van der Waals surface area contributed by atoms with Crippen LogP contribution in [0.5, 0.6) is 34.5 Å². The molecule has 0 radical (unpaired) electrons. The van der Waals surface area contributed by atoms with Gasteiger partial charge in [0.1, 0.15) is 50.8 Å². The minimum absolute atomic E-state index is 0.0471. The summed E-state index contributed by atoms with van der Waals surface area (Å²) in [6, 6.07) is 8.24. The van der Waals surface area contributed by atoms with Gasteiger partial charge in [0.25, 0.3) is 0 Å². The zero-order chi connectivity index (χ0) is 84.1. The SMILES string of the molecule is C=CC(=O)N[C@H]1COC[C@H]1Nc1ncc2cc(-c3c(Cl)c(OC)cc(OC)c3Cl)nc(N3CC4(CCC4)C3)c2n1.C=CC(=O)N[C@H]1COC[C@H]1Nc1ncc2cc(-c3c(Cl)c(OC)cc(OC)c3Cl)nc(N3CC4(CCO4)C3)c2n1.C=CC(=O)N[C@H]1COC[C@H]1Nc1ncc2cc(-c3c(F)c(OC)cc(OC)c3F)nc(N3CC4(CCO4)C3)c2n1. The second kappa shape index (κ2) is 34.4. The second-order valence-electron chi connectivity index (χ2n) is 30.5. The second-order valence-corrected chi connectivity index (χ2v) is 32.1. The first-order chi connectivity index (χ1) is 58.0. The molecule has 3 aromatic carbocycles. The number of hydrogen-bond acceptors (Lipinski definition) is 29. The van der Waals surface area contributed by atoms with E-state index in [1.165, 1.54) is 72.0 Å². The fourth-order valence-corrected chi connectivity index (χ4v) is 17.6. The van der Waals surface area contributed by atoms with Crippen molar-refractivity contribution in [2.75, 3.05) is 165 Å². The number of rotatable bonds is 24. The molecule has 1 saturated carbocycles. The summed E-state index contributed by atoms with van der Waals surface area (Å²) >= 11 is 27.0. The largest absolute Gasteiger partial charge is 0.495 e. The third-order valence-corrected chi connectivity index (χ3v) is 24.6. The van der Waals surface area contributed by atoms with Crippen LogP contribution in [-0.4, -0.2) is 245 Å². The Morgan fingerprint density at radius 3 is 0.992 bits per heavy atom. The van der Waals surface area contributed by atoms with Crippen molar-refractivity contribution in [1.29, 1.82) is 0 Å². The molecule has 120 heavy (non-hydrogen) atoms. The number of carbonyl (C=O) groups excluding carboxylic acids is 3. The van der Waals surface area contributed by atoms with Gasteiger partial charge >= 0.3 is 0 Å². The Kier molecular flexibility index (Phi) is 23.7. The van der Waals surface area contributed by atoms with Gasteiger partial charge in [0.15, 0.2) is 40.6 Å². The molecule has 6 aromatic heterocycles. The maximum absolute atomic E-state index is 15.4. The number of hydrogen-bond donors (Lipinski definition) is 6. The lowest BCUT2D eigenvalue weighted by Gasteiger charge is -2.56. The van der Waals surface area contributed by atoms with E-state index in [0.29, 0.717) is 195 Å². The molecule has 1 aliphatic carbocycles. The highest BCUT2D eigenvalue weighted by molar-refractivity contribution is 6.42. The van der Waals surface area contributed by atoms with Crippen LogP contribution in [-0.2, 0) is 38.1 Å². The monoisotopic (exact) mass is 1720 g/mol. The number of nitrogens with zero attached hydrogens (tertiary/aromatic N) is 12. The van der Waals surface area contributed by atoms with Gasteiger partial charge in [-0.2, -0.15) is 0 Å². The maximum atomic E-state index is 15.4. The highest BCUT2D eigenvalue weighted by Gasteiger charge is 2.52. The molecule has 630 valence electrons. The summed E-state index contributed by atoms with van der Waals surface area (Å²) in [4.78, 5) is 84.7. The molecule has 9 aromatic rings. The van der Waals surface area contributed by atoms with Crippen LogP contribution in [0.25, 0.3) is 66.5 Å². The van der Waals surface area contributed by atoms with Gasteiger partial charge in [-0.3, -0.25) is 14.4 Å². The number of carbonyl (C=O) groups is 3. The van der Waals surface area contributed by atoms with Crippen LogP contribution in [0.3, 0.4) is 0 Å². The molecule has 3 spiro atoms. The minimum atomic E-state index is -0.894. The standard InChI is InChI=1S/C28H30Cl2N6O4.C27H28Cl2N6O5.C27H28F2N6O5/c1-4-21(37)32-17-11-40-12-18(17)34-27-31-10-15-8-16(22-23(29)19(38-2)9-20(39-3)24(22)30)33-26(25(15)35-27)36-13-28(14-36)6-5-7-28;2*1-4-20(36)31-16-10-39-11-17(16)33-26-30-9-14-7-15(21-22(28)18(37-2)8-19(38-3)23(21)29)32-25(24(14)34-26)35-12-27(13-35)5-6-40-27/h4,8-10,17-18H,1,5-7,11-14H2,2-3H3,(H,32,37)(H,31,34,35);2*4,7-9,16-17H,1,5-6,10-13H2,2-3H3,(H,31,36)(H,30,33,34)/t17-,18+;2*16-,17+/m000/s1. The molecule has 32 nitrogen and oxygen atoms in total. The summed E-state index contributed by atoms with van der Waals surface area (Å²) in [7, 11) is 8.73. The topological polar surface area (TPSA) is 351 Å². The van der Waals surface area contributed by atoms with Crippen molar-refractivity contribution in [3.8, 4) is 68.3 Å². The first-order valence-electron chi connectivity index (χ1n) is 38.7. The molecule has 0 bridgehead atoms. The van der Waals surface area contributed by atoms with Crippen LogP contribution >= 0.6 is 46.4 Å². The van der Waals surface area contributed by atoms with Gasteiger partial charge in [-0.25, -0.2) is 53.6 Å². The van der Waals surface area contributed by atoms with Crippen LogP contribution in [0, 0.1) is 17.0 Å². The number of amides is 3. The average Bonchev–Trinajstić information content (AvgIpc) is 0.837. The quantitative estimate of drug-likeness (QED) is 0.0306. The van der Waals surface area contributed by atoms with Gasteiger partial charge in [-0.1, -0.05) is 72.6 Å². The van der Waals surface area contributed by atoms with Gasteiger partial charge in [-0.05, 0) is 49.3 Å². The predicted molar refractivity (Wildman–Crippen MR) is 448 cm³/mol. The van der Waals surface area contributed by atoms with Crippen molar-refractivity contribution in [3.63, 3.8) is 0 Å². The van der Waals surface area contributed by atoms with E-state index in [-0.39, 0.29) is 87.9 Å². The Morgan fingerprint density at radius 1 is 0.425 bits per heavy atom. The van der Waals surface area contributed by atoms with E-state index < -0.39 is 11.6 Å². The number of benzene rings is 3. The minimum Gasteiger partial charge on any atom is -0.495 e. The van der Waals surface area contributed by atoms with Crippen molar-refractivity contribution < 1.29 is 75.3 Å². The molecule has 6 atom stereocenters. The normalized spacial score (nSPS) is 21.1. The Bertz CT molecular complexity index is 4920. The first kappa shape index (κ1) is 82.9. The first-order valence-corrected chi connectivity index (χ1v) is 40.2. The van der Waals surface area contributed by atoms with Gasteiger partial charge in [0, 0.05) is 95.4 Å². The van der Waals surface area contributed by atoms with Gasteiger partial charge < -0.3 is 98.7 Å². The van der Waals surface area contributed by atoms with Crippen molar-refractivity contribution in [3.05, 3.63) is 125 Å². The summed E-state index contributed by atoms with van der Waals surface area (Å²) in [5, 5.41) is 21.9. The summed E-state index contributed by atoms with van der Waals surface area (Å²) in [5.41, 5.74) is 3.65. The highest BCUT2D eigenvalue weighted by atomic mass is 35.5. The average molecular weight is 1730 g/mol. The molecular weight excluding hydrogens is 1640 g/mol. The Hall–Kier alpha value is -10.8. The van der Waals surface area contributed by atoms with Crippen LogP contribution in [0.4, 0.5) is 44.1 Å². The fraction of sp³-hybridized carbons (Fsp3) is 0.415. The maximum Gasteiger partial charge on any atom is 0.243 e. The van der Waals surface area contributed by atoms with Crippen molar-refractivity contribution in [2.24, 2.45) is 5.41 Å². The van der Waals surface area contributed by atoms with Crippen molar-refractivity contribution in [1.82, 2.24) is 60.8 Å². The van der Waals surface area contributed by atoms with E-state index in [0.717, 1.165) is 55.2 Å². The number of methoxy groups -OCH3 is 6. The van der Waals surface area contributed by atoms with E-state index in [1.54, 1.807) is 44.9 Å². The summed E-state index contributed by atoms with van der Waals surface area (Å²) < 4.78 is 91.3. The molecule has 9 fully saturated rings. The van der Waals surface area contributed by atoms with Crippen LogP contribution in [0.1, 0.15) is 32.1 Å². The molecule has 8 aliphatic heterocycles. The molecule has 0 unspecified atom stereocenters. The molecule has 8 saturated heterocycles. The number of anilines is 6. The Labute approximate surface area is 707 Å². The third-order valence-electron chi connectivity index (χ3n) is 23.1. The molecule has 18 rings (SSSR count). The Balaban J connectivity index is 0.000000134. The van der Waals surface area contributed by atoms with E-state index in [4.69, 9.17) is 128 Å². The van der Waals surface area contributed by atoms with Crippen LogP contribution < -0.4 is 75.0 Å². The summed E-state index contributed by atoms with van der Waals surface area (Å²) in [6.07, 6.45) is 14.4. The number of aromatic nitrogens is 9. The fourth-order valence-electron chi connectivity index (χ4n) is 16.2. The highest BCUT2D eigenvalue weighted by Crippen LogP contribution is 2.53. The zero-order valence-electron chi connectivity index (χ0n) is 66.3. The molecule has 3 amide bonds. The summed E-state index contributed by atoms with van der Waals surface area (Å²) in [6.45, 7) is 18.6. The molecule has 9 aliphatic rings. The number of pyridine rings is 3. The zero-order valence-corrected chi connectivity index (χ0v) is 69.3. The third kappa shape index (κ3) is 16.1. The van der Waals surface area contributed by atoms with Gasteiger partial charge in [-0.15, -0.1) is 0 Å². The lowest BCUT2D eigenvalue weighted by molar-refractivity contribution is -0.161.